The average molecular weight is 369 g/mol. The first-order valence-electron chi connectivity index (χ1n) is 8.90. The Balaban J connectivity index is 1.90. The third kappa shape index (κ3) is 3.55. The van der Waals surface area contributed by atoms with E-state index in [1.807, 2.05) is 61.5 Å². The second kappa shape index (κ2) is 7.48. The molecule has 0 radical (unpaired) electrons. The molecule has 3 aromatic carbocycles. The summed E-state index contributed by atoms with van der Waals surface area (Å²) in [5.41, 5.74) is 3.45. The first-order valence-corrected chi connectivity index (χ1v) is 8.90. The highest BCUT2D eigenvalue weighted by Gasteiger charge is 2.15. The van der Waals surface area contributed by atoms with Crippen LogP contribution < -0.4 is 4.74 Å². The minimum Gasteiger partial charge on any atom is -0.507 e. The van der Waals surface area contributed by atoms with E-state index in [0.717, 1.165) is 16.7 Å². The molecule has 0 aliphatic carbocycles. The van der Waals surface area contributed by atoms with E-state index in [1.165, 1.54) is 0 Å². The molecule has 0 bridgehead atoms. The number of hydrogen-bond acceptors (Lipinski definition) is 5. The quantitative estimate of drug-likeness (QED) is 0.554. The molecule has 0 saturated heterocycles. The highest BCUT2D eigenvalue weighted by molar-refractivity contribution is 5.70. The van der Waals surface area contributed by atoms with Crippen LogP contribution in [0, 0.1) is 6.92 Å². The lowest BCUT2D eigenvalue weighted by Crippen LogP contribution is -2.00. The lowest BCUT2D eigenvalue weighted by atomic mass is 10.1. The summed E-state index contributed by atoms with van der Waals surface area (Å²) < 4.78 is 5.17. The summed E-state index contributed by atoms with van der Waals surface area (Å²) in [7, 11) is 1.56. The predicted octanol–water partition coefficient (Wildman–Crippen LogP) is 4.90. The molecule has 0 atom stereocenters. The molecule has 1 aromatic heterocycles. The topological polar surface area (TPSA) is 68.1 Å². The molecule has 0 spiro atoms. The minimum absolute atomic E-state index is 0.0550. The summed E-state index contributed by atoms with van der Waals surface area (Å²) in [6, 6.07) is 22.8. The summed E-state index contributed by atoms with van der Waals surface area (Å²) in [6.07, 6.45) is 0. The van der Waals surface area contributed by atoms with Crippen molar-refractivity contribution < 1.29 is 9.84 Å². The third-order valence-corrected chi connectivity index (χ3v) is 4.42. The summed E-state index contributed by atoms with van der Waals surface area (Å²) in [6.45, 7) is 2.04. The number of aromatic hydroxyl groups is 1. The molecular formula is C23H19N3O2. The molecule has 28 heavy (non-hydrogen) atoms. The van der Waals surface area contributed by atoms with Crippen LogP contribution in [-0.4, -0.2) is 27.2 Å². The van der Waals surface area contributed by atoms with E-state index < -0.39 is 0 Å². The number of ether oxygens (including phenoxy) is 1. The van der Waals surface area contributed by atoms with E-state index >= 15 is 0 Å². The van der Waals surface area contributed by atoms with Crippen LogP contribution in [-0.2, 0) is 0 Å². The maximum atomic E-state index is 10.5. The number of phenols is 1. The molecule has 0 fully saturated rings. The maximum absolute atomic E-state index is 10.5. The van der Waals surface area contributed by atoms with Gasteiger partial charge in [0.25, 0.3) is 0 Å². The van der Waals surface area contributed by atoms with Gasteiger partial charge in [-0.25, -0.2) is 15.0 Å². The number of methoxy groups -OCH3 is 1. The van der Waals surface area contributed by atoms with Gasteiger partial charge in [-0.05, 0) is 19.1 Å². The van der Waals surface area contributed by atoms with E-state index in [2.05, 4.69) is 15.0 Å². The first-order chi connectivity index (χ1) is 13.6. The molecule has 0 unspecified atom stereocenters. The fourth-order valence-electron chi connectivity index (χ4n) is 2.87. The standard InChI is InChI=1S/C23H19N3O2/c1-15-8-10-17(11-9-15)22-24-21(16-6-4-3-5-7-16)25-23(26-22)19-13-12-18(28-2)14-20(19)27/h3-14,27H,1-2H3. The molecule has 0 saturated carbocycles. The molecule has 5 nitrogen and oxygen atoms in total. The largest absolute Gasteiger partial charge is 0.507 e. The lowest BCUT2D eigenvalue weighted by molar-refractivity contribution is 0.408. The van der Waals surface area contributed by atoms with Crippen LogP contribution in [0.25, 0.3) is 34.2 Å². The Hall–Kier alpha value is -3.73. The zero-order chi connectivity index (χ0) is 19.5. The molecule has 138 valence electrons. The SMILES string of the molecule is COc1ccc(-c2nc(-c3ccccc3)nc(-c3ccc(C)cc3)n2)c(O)c1. The van der Waals surface area contributed by atoms with Crippen molar-refractivity contribution in [2.75, 3.05) is 7.11 Å². The van der Waals surface area contributed by atoms with Gasteiger partial charge in [0.2, 0.25) is 0 Å². The second-order valence-electron chi connectivity index (χ2n) is 6.42. The zero-order valence-corrected chi connectivity index (χ0v) is 15.6. The molecule has 5 heteroatoms. The van der Waals surface area contributed by atoms with Crippen molar-refractivity contribution in [1.82, 2.24) is 15.0 Å². The fraction of sp³-hybridized carbons (Fsp3) is 0.0870. The van der Waals surface area contributed by atoms with Gasteiger partial charge in [0.15, 0.2) is 17.5 Å². The number of aryl methyl sites for hydroxylation is 1. The van der Waals surface area contributed by atoms with Crippen molar-refractivity contribution >= 4 is 0 Å². The first kappa shape index (κ1) is 17.7. The highest BCUT2D eigenvalue weighted by Crippen LogP contribution is 2.32. The lowest BCUT2D eigenvalue weighted by Gasteiger charge is -2.10. The van der Waals surface area contributed by atoms with E-state index in [1.54, 1.807) is 25.3 Å². The van der Waals surface area contributed by atoms with Crippen molar-refractivity contribution in [1.29, 1.82) is 0 Å². The van der Waals surface area contributed by atoms with Crippen LogP contribution >= 0.6 is 0 Å². The number of benzene rings is 3. The van der Waals surface area contributed by atoms with E-state index in [0.29, 0.717) is 28.8 Å². The number of rotatable bonds is 4. The molecule has 4 aromatic rings. The minimum atomic E-state index is 0.0550. The van der Waals surface area contributed by atoms with Gasteiger partial charge in [0.05, 0.1) is 12.7 Å². The van der Waals surface area contributed by atoms with Crippen molar-refractivity contribution in [3.8, 4) is 45.7 Å². The molecular weight excluding hydrogens is 350 g/mol. The van der Waals surface area contributed by atoms with Gasteiger partial charge in [-0.1, -0.05) is 60.2 Å². The average Bonchev–Trinajstić information content (AvgIpc) is 2.74. The van der Waals surface area contributed by atoms with Crippen LogP contribution in [0.2, 0.25) is 0 Å². The third-order valence-electron chi connectivity index (χ3n) is 4.42. The van der Waals surface area contributed by atoms with Crippen LogP contribution in [0.15, 0.2) is 72.8 Å². The van der Waals surface area contributed by atoms with Gasteiger partial charge in [0, 0.05) is 17.2 Å². The highest BCUT2D eigenvalue weighted by atomic mass is 16.5. The fourth-order valence-corrected chi connectivity index (χ4v) is 2.87. The Morgan fingerprint density at radius 2 is 1.32 bits per heavy atom. The Bertz CT molecular complexity index is 1110. The van der Waals surface area contributed by atoms with E-state index in [9.17, 15) is 5.11 Å². The van der Waals surface area contributed by atoms with Gasteiger partial charge in [-0.3, -0.25) is 0 Å². The van der Waals surface area contributed by atoms with E-state index in [4.69, 9.17) is 4.74 Å². The predicted molar refractivity (Wildman–Crippen MR) is 109 cm³/mol. The summed E-state index contributed by atoms with van der Waals surface area (Å²) >= 11 is 0. The van der Waals surface area contributed by atoms with Crippen molar-refractivity contribution in [2.45, 2.75) is 6.92 Å². The maximum Gasteiger partial charge on any atom is 0.167 e. The smallest absolute Gasteiger partial charge is 0.167 e. The number of aromatic nitrogens is 3. The summed E-state index contributed by atoms with van der Waals surface area (Å²) in [5, 5.41) is 10.5. The molecule has 0 amide bonds. The Morgan fingerprint density at radius 1 is 0.714 bits per heavy atom. The number of hydrogen-bond donors (Lipinski definition) is 1. The molecule has 4 rings (SSSR count). The van der Waals surface area contributed by atoms with E-state index in [-0.39, 0.29) is 5.75 Å². The molecule has 1 N–H and O–H groups in total. The van der Waals surface area contributed by atoms with Crippen molar-refractivity contribution in [3.05, 3.63) is 78.4 Å². The Labute approximate surface area is 163 Å². The molecule has 0 aliphatic heterocycles. The number of nitrogens with zero attached hydrogens (tertiary/aromatic N) is 3. The van der Waals surface area contributed by atoms with Gasteiger partial charge >= 0.3 is 0 Å². The molecule has 1 heterocycles. The Kier molecular flexibility index (Phi) is 4.72. The Morgan fingerprint density at radius 3 is 1.93 bits per heavy atom. The van der Waals surface area contributed by atoms with Crippen LogP contribution in [0.1, 0.15) is 5.56 Å². The van der Waals surface area contributed by atoms with Crippen LogP contribution in [0.3, 0.4) is 0 Å². The van der Waals surface area contributed by atoms with Gasteiger partial charge in [0.1, 0.15) is 11.5 Å². The summed E-state index contributed by atoms with van der Waals surface area (Å²) in [5.74, 6) is 2.14. The normalized spacial score (nSPS) is 10.6. The van der Waals surface area contributed by atoms with Gasteiger partial charge < -0.3 is 9.84 Å². The zero-order valence-electron chi connectivity index (χ0n) is 15.6. The van der Waals surface area contributed by atoms with Crippen molar-refractivity contribution in [3.63, 3.8) is 0 Å². The number of phenolic OH excluding ortho intramolecular Hbond substituents is 1. The monoisotopic (exact) mass is 369 g/mol. The van der Waals surface area contributed by atoms with Gasteiger partial charge in [-0.15, -0.1) is 0 Å². The van der Waals surface area contributed by atoms with Crippen LogP contribution in [0.5, 0.6) is 11.5 Å². The van der Waals surface area contributed by atoms with Crippen molar-refractivity contribution in [2.24, 2.45) is 0 Å². The summed E-state index contributed by atoms with van der Waals surface area (Å²) in [4.78, 5) is 13.9. The van der Waals surface area contributed by atoms with Crippen LogP contribution in [0.4, 0.5) is 0 Å². The second-order valence-corrected chi connectivity index (χ2v) is 6.42. The van der Waals surface area contributed by atoms with Gasteiger partial charge in [-0.2, -0.15) is 0 Å². The molecule has 0 aliphatic rings.